The SMILES string of the molecule is Cc1noc(C)c1CNC(=O)CC#N. The molecule has 0 unspecified atom stereocenters. The summed E-state index contributed by atoms with van der Waals surface area (Å²) in [6.07, 6.45) is -0.122. The number of aromatic nitrogens is 1. The van der Waals surface area contributed by atoms with Crippen LogP contribution in [0.5, 0.6) is 0 Å². The van der Waals surface area contributed by atoms with E-state index in [2.05, 4.69) is 10.5 Å². The fourth-order valence-corrected chi connectivity index (χ4v) is 1.08. The van der Waals surface area contributed by atoms with Crippen LogP contribution < -0.4 is 5.32 Å². The van der Waals surface area contributed by atoms with E-state index >= 15 is 0 Å². The van der Waals surface area contributed by atoms with Gasteiger partial charge in [0.2, 0.25) is 5.91 Å². The Kier molecular flexibility index (Phi) is 3.24. The van der Waals surface area contributed by atoms with Crippen LogP contribution in [0.15, 0.2) is 4.52 Å². The van der Waals surface area contributed by atoms with Crippen molar-refractivity contribution in [3.05, 3.63) is 17.0 Å². The highest BCUT2D eigenvalue weighted by Crippen LogP contribution is 2.11. The first-order chi connectivity index (χ1) is 6.65. The van der Waals surface area contributed by atoms with E-state index in [-0.39, 0.29) is 12.3 Å². The molecule has 5 heteroatoms. The van der Waals surface area contributed by atoms with Crippen LogP contribution in [0.3, 0.4) is 0 Å². The van der Waals surface area contributed by atoms with Crippen molar-refractivity contribution in [1.29, 1.82) is 5.26 Å². The smallest absolute Gasteiger partial charge is 0.234 e. The van der Waals surface area contributed by atoms with Gasteiger partial charge in [0.1, 0.15) is 12.2 Å². The van der Waals surface area contributed by atoms with E-state index in [9.17, 15) is 4.79 Å². The summed E-state index contributed by atoms with van der Waals surface area (Å²) in [6.45, 7) is 3.95. The van der Waals surface area contributed by atoms with Crippen LogP contribution in [-0.2, 0) is 11.3 Å². The minimum Gasteiger partial charge on any atom is -0.361 e. The van der Waals surface area contributed by atoms with E-state index in [1.54, 1.807) is 13.0 Å². The number of rotatable bonds is 3. The normalized spacial score (nSPS) is 9.50. The van der Waals surface area contributed by atoms with Crippen LogP contribution in [0.25, 0.3) is 0 Å². The maximum Gasteiger partial charge on any atom is 0.234 e. The van der Waals surface area contributed by atoms with Crippen LogP contribution in [0.1, 0.15) is 23.4 Å². The minimum absolute atomic E-state index is 0.122. The maximum absolute atomic E-state index is 11.0. The zero-order chi connectivity index (χ0) is 10.6. The lowest BCUT2D eigenvalue weighted by atomic mass is 10.2. The Labute approximate surface area is 81.7 Å². The number of carbonyl (C=O) groups excluding carboxylic acids is 1. The van der Waals surface area contributed by atoms with Gasteiger partial charge in [-0.25, -0.2) is 0 Å². The monoisotopic (exact) mass is 193 g/mol. The number of nitriles is 1. The van der Waals surface area contributed by atoms with Gasteiger partial charge in [-0.3, -0.25) is 4.79 Å². The van der Waals surface area contributed by atoms with Crippen molar-refractivity contribution < 1.29 is 9.32 Å². The van der Waals surface area contributed by atoms with Gasteiger partial charge < -0.3 is 9.84 Å². The van der Waals surface area contributed by atoms with Crippen LogP contribution in [0.4, 0.5) is 0 Å². The average Bonchev–Trinajstić information content (AvgIpc) is 2.44. The van der Waals surface area contributed by atoms with Crippen molar-refractivity contribution >= 4 is 5.91 Å². The van der Waals surface area contributed by atoms with Crippen molar-refractivity contribution in [3.8, 4) is 6.07 Å². The lowest BCUT2D eigenvalue weighted by Gasteiger charge is -2.00. The Morgan fingerprint density at radius 1 is 1.64 bits per heavy atom. The molecule has 0 radical (unpaired) electrons. The predicted molar refractivity (Wildman–Crippen MR) is 48.1 cm³/mol. The van der Waals surface area contributed by atoms with Gasteiger partial charge in [0.25, 0.3) is 0 Å². The quantitative estimate of drug-likeness (QED) is 0.770. The fraction of sp³-hybridized carbons (Fsp3) is 0.444. The minimum atomic E-state index is -0.285. The van der Waals surface area contributed by atoms with E-state index < -0.39 is 0 Å². The molecule has 0 spiro atoms. The van der Waals surface area contributed by atoms with E-state index in [0.29, 0.717) is 12.3 Å². The summed E-state index contributed by atoms with van der Waals surface area (Å²) in [4.78, 5) is 11.0. The third-order valence-electron chi connectivity index (χ3n) is 1.88. The molecular weight excluding hydrogens is 182 g/mol. The lowest BCUT2D eigenvalue weighted by Crippen LogP contribution is -2.22. The number of hydrogen-bond donors (Lipinski definition) is 1. The molecule has 14 heavy (non-hydrogen) atoms. The Morgan fingerprint density at radius 3 is 2.86 bits per heavy atom. The lowest BCUT2D eigenvalue weighted by molar-refractivity contribution is -0.120. The summed E-state index contributed by atoms with van der Waals surface area (Å²) in [7, 11) is 0. The largest absolute Gasteiger partial charge is 0.361 e. The van der Waals surface area contributed by atoms with Crippen molar-refractivity contribution in [2.45, 2.75) is 26.8 Å². The van der Waals surface area contributed by atoms with Crippen molar-refractivity contribution in [3.63, 3.8) is 0 Å². The number of hydrogen-bond acceptors (Lipinski definition) is 4. The molecule has 1 heterocycles. The molecule has 0 bridgehead atoms. The Hall–Kier alpha value is -1.83. The molecule has 1 aromatic rings. The first kappa shape index (κ1) is 10.3. The van der Waals surface area contributed by atoms with Gasteiger partial charge in [0.05, 0.1) is 11.8 Å². The maximum atomic E-state index is 11.0. The van der Waals surface area contributed by atoms with E-state index in [4.69, 9.17) is 9.78 Å². The Bertz CT molecular complexity index is 356. The van der Waals surface area contributed by atoms with E-state index in [0.717, 1.165) is 11.3 Å². The van der Waals surface area contributed by atoms with Gasteiger partial charge in [-0.2, -0.15) is 5.26 Å². The highest BCUT2D eigenvalue weighted by atomic mass is 16.5. The number of aryl methyl sites for hydroxylation is 2. The predicted octanol–water partition coefficient (Wildman–Crippen LogP) is 0.821. The number of amides is 1. The first-order valence-electron chi connectivity index (χ1n) is 4.20. The van der Waals surface area contributed by atoms with Gasteiger partial charge in [-0.05, 0) is 13.8 Å². The molecular formula is C9H11N3O2. The molecule has 0 saturated heterocycles. The molecule has 0 fully saturated rings. The topological polar surface area (TPSA) is 78.9 Å². The second-order valence-electron chi connectivity index (χ2n) is 2.91. The standard InChI is InChI=1S/C9H11N3O2/c1-6-8(7(2)14-12-6)5-11-9(13)3-4-10/h3,5H2,1-2H3,(H,11,13). The summed E-state index contributed by atoms with van der Waals surface area (Å²) < 4.78 is 4.92. The molecule has 74 valence electrons. The molecule has 1 N–H and O–H groups in total. The second kappa shape index (κ2) is 4.42. The van der Waals surface area contributed by atoms with Gasteiger partial charge in [0.15, 0.2) is 0 Å². The van der Waals surface area contributed by atoms with Crippen LogP contribution in [0.2, 0.25) is 0 Å². The molecule has 0 aromatic carbocycles. The van der Waals surface area contributed by atoms with Gasteiger partial charge >= 0.3 is 0 Å². The van der Waals surface area contributed by atoms with Gasteiger partial charge in [-0.1, -0.05) is 5.16 Å². The van der Waals surface area contributed by atoms with Crippen LogP contribution in [-0.4, -0.2) is 11.1 Å². The van der Waals surface area contributed by atoms with E-state index in [1.807, 2.05) is 6.92 Å². The molecule has 1 amide bonds. The van der Waals surface area contributed by atoms with Crippen molar-refractivity contribution in [1.82, 2.24) is 10.5 Å². The van der Waals surface area contributed by atoms with Crippen molar-refractivity contribution in [2.24, 2.45) is 0 Å². The van der Waals surface area contributed by atoms with Crippen LogP contribution >= 0.6 is 0 Å². The average molecular weight is 193 g/mol. The third kappa shape index (κ3) is 2.33. The Balaban J connectivity index is 2.54. The first-order valence-corrected chi connectivity index (χ1v) is 4.20. The summed E-state index contributed by atoms with van der Waals surface area (Å²) in [5.41, 5.74) is 1.64. The zero-order valence-electron chi connectivity index (χ0n) is 8.13. The number of nitrogens with one attached hydrogen (secondary N) is 1. The molecule has 5 nitrogen and oxygen atoms in total. The zero-order valence-corrected chi connectivity index (χ0v) is 8.13. The fourth-order valence-electron chi connectivity index (χ4n) is 1.08. The molecule has 0 aliphatic rings. The highest BCUT2D eigenvalue weighted by molar-refractivity contribution is 5.77. The van der Waals surface area contributed by atoms with Crippen molar-refractivity contribution in [2.75, 3.05) is 0 Å². The van der Waals surface area contributed by atoms with Crippen LogP contribution in [0, 0.1) is 25.2 Å². The molecule has 0 saturated carbocycles. The molecule has 1 aromatic heterocycles. The Morgan fingerprint density at radius 2 is 2.36 bits per heavy atom. The molecule has 0 aliphatic heterocycles. The molecule has 0 atom stereocenters. The number of carbonyl (C=O) groups is 1. The molecule has 1 rings (SSSR count). The summed E-state index contributed by atoms with van der Waals surface area (Å²) in [6, 6.07) is 1.78. The number of nitrogens with zero attached hydrogens (tertiary/aromatic N) is 2. The van der Waals surface area contributed by atoms with Gasteiger partial charge in [-0.15, -0.1) is 0 Å². The highest BCUT2D eigenvalue weighted by Gasteiger charge is 2.09. The summed E-state index contributed by atoms with van der Waals surface area (Å²) >= 11 is 0. The summed E-state index contributed by atoms with van der Waals surface area (Å²) in [5.74, 6) is 0.409. The molecule has 0 aliphatic carbocycles. The second-order valence-corrected chi connectivity index (χ2v) is 2.91. The summed E-state index contributed by atoms with van der Waals surface area (Å²) in [5, 5.41) is 14.6. The van der Waals surface area contributed by atoms with E-state index in [1.165, 1.54) is 0 Å². The third-order valence-corrected chi connectivity index (χ3v) is 1.88. The van der Waals surface area contributed by atoms with Gasteiger partial charge in [0, 0.05) is 12.1 Å².